The molecule has 4 heteroatoms. The fraction of sp³-hybridized carbons (Fsp3) is 0.714. The van der Waals surface area contributed by atoms with Gasteiger partial charge in [-0.15, -0.1) is 0 Å². The fourth-order valence-corrected chi connectivity index (χ4v) is 3.02. The molecule has 0 N–H and O–H groups in total. The van der Waals surface area contributed by atoms with E-state index >= 15 is 0 Å². The molecule has 0 amide bonds. The van der Waals surface area contributed by atoms with E-state index in [0.29, 0.717) is 11.2 Å². The summed E-state index contributed by atoms with van der Waals surface area (Å²) in [6, 6.07) is 0.611. The third kappa shape index (κ3) is 2.77. The van der Waals surface area contributed by atoms with Crippen molar-refractivity contribution >= 4 is 17.4 Å². The van der Waals surface area contributed by atoms with Crippen molar-refractivity contribution in [2.45, 2.75) is 58.4 Å². The number of piperidine rings is 1. The number of nitrogens with zero attached hydrogens (tertiary/aromatic N) is 3. The van der Waals surface area contributed by atoms with Gasteiger partial charge < -0.3 is 4.90 Å². The summed E-state index contributed by atoms with van der Waals surface area (Å²) in [6.07, 6.45) is 8.66. The first-order chi connectivity index (χ1) is 8.77. The molecule has 18 heavy (non-hydrogen) atoms. The largest absolute Gasteiger partial charge is 0.353 e. The van der Waals surface area contributed by atoms with E-state index in [0.717, 1.165) is 30.8 Å². The van der Waals surface area contributed by atoms with E-state index in [1.807, 2.05) is 0 Å². The Morgan fingerprint density at radius 2 is 2.17 bits per heavy atom. The molecule has 0 saturated carbocycles. The van der Waals surface area contributed by atoms with Crippen LogP contribution in [0.15, 0.2) is 6.33 Å². The van der Waals surface area contributed by atoms with Crippen LogP contribution in [-0.2, 0) is 6.42 Å². The zero-order chi connectivity index (χ0) is 13.0. The monoisotopic (exact) mass is 267 g/mol. The number of hydrogen-bond donors (Lipinski definition) is 0. The maximum atomic E-state index is 6.24. The zero-order valence-electron chi connectivity index (χ0n) is 11.3. The van der Waals surface area contributed by atoms with E-state index in [-0.39, 0.29) is 0 Å². The van der Waals surface area contributed by atoms with Gasteiger partial charge in [0.05, 0.1) is 0 Å². The van der Waals surface area contributed by atoms with Crippen LogP contribution in [-0.4, -0.2) is 22.6 Å². The molecule has 0 aromatic carbocycles. The first-order valence-corrected chi connectivity index (χ1v) is 7.41. The van der Waals surface area contributed by atoms with E-state index in [2.05, 4.69) is 28.7 Å². The van der Waals surface area contributed by atoms with Gasteiger partial charge >= 0.3 is 0 Å². The zero-order valence-corrected chi connectivity index (χ0v) is 12.1. The van der Waals surface area contributed by atoms with Crippen molar-refractivity contribution in [3.05, 3.63) is 17.0 Å². The van der Waals surface area contributed by atoms with Crippen LogP contribution in [0.3, 0.4) is 0 Å². The lowest BCUT2D eigenvalue weighted by Gasteiger charge is -2.37. The Kier molecular flexibility index (Phi) is 4.81. The summed E-state index contributed by atoms with van der Waals surface area (Å²) in [5.74, 6) is 1.07. The molecule has 1 atom stereocenters. The summed E-state index contributed by atoms with van der Waals surface area (Å²) in [4.78, 5) is 11.1. The van der Waals surface area contributed by atoms with Gasteiger partial charge in [0.15, 0.2) is 0 Å². The molecule has 2 heterocycles. The van der Waals surface area contributed by atoms with Gasteiger partial charge in [0.2, 0.25) is 0 Å². The van der Waals surface area contributed by atoms with Gasteiger partial charge in [0.25, 0.3) is 0 Å². The second-order valence-corrected chi connectivity index (χ2v) is 5.33. The molecule has 1 aromatic rings. The molecule has 1 unspecified atom stereocenters. The Morgan fingerprint density at radius 3 is 2.89 bits per heavy atom. The number of halogens is 1. The second-order valence-electron chi connectivity index (χ2n) is 4.97. The quantitative estimate of drug-likeness (QED) is 0.776. The first kappa shape index (κ1) is 13.6. The molecule has 100 valence electrons. The van der Waals surface area contributed by atoms with Crippen LogP contribution in [0.1, 0.15) is 51.5 Å². The number of rotatable bonds is 4. The van der Waals surface area contributed by atoms with Gasteiger partial charge in [-0.1, -0.05) is 31.9 Å². The van der Waals surface area contributed by atoms with Gasteiger partial charge in [-0.3, -0.25) is 0 Å². The highest BCUT2D eigenvalue weighted by Gasteiger charge is 2.25. The average molecular weight is 268 g/mol. The summed E-state index contributed by atoms with van der Waals surface area (Å²) < 4.78 is 0. The molecule has 0 bridgehead atoms. The standard InChI is InChI=1S/C14H22ClN3/c1-3-7-12-13(15)16-10-17-14(12)18-9-6-5-8-11(18)4-2/h10-11H,3-9H2,1-2H3. The maximum Gasteiger partial charge on any atom is 0.137 e. The number of hydrogen-bond acceptors (Lipinski definition) is 3. The molecule has 0 aliphatic carbocycles. The van der Waals surface area contributed by atoms with E-state index in [1.165, 1.54) is 25.7 Å². The lowest BCUT2D eigenvalue weighted by atomic mass is 9.99. The molecule has 1 aliphatic rings. The van der Waals surface area contributed by atoms with Crippen LogP contribution >= 0.6 is 11.6 Å². The van der Waals surface area contributed by atoms with Crippen molar-refractivity contribution < 1.29 is 0 Å². The predicted molar refractivity (Wildman–Crippen MR) is 76.3 cm³/mol. The van der Waals surface area contributed by atoms with Crippen molar-refractivity contribution in [3.8, 4) is 0 Å². The van der Waals surface area contributed by atoms with E-state index in [1.54, 1.807) is 6.33 Å². The van der Waals surface area contributed by atoms with Crippen LogP contribution in [0.4, 0.5) is 5.82 Å². The smallest absolute Gasteiger partial charge is 0.137 e. The maximum absolute atomic E-state index is 6.24. The minimum absolute atomic E-state index is 0.611. The van der Waals surface area contributed by atoms with Crippen LogP contribution in [0.2, 0.25) is 5.15 Å². The highest BCUT2D eigenvalue weighted by Crippen LogP contribution is 2.30. The normalized spacial score (nSPS) is 20.2. The Labute approximate surface area is 115 Å². The summed E-state index contributed by atoms with van der Waals surface area (Å²) in [7, 11) is 0. The topological polar surface area (TPSA) is 29.0 Å². The third-order valence-corrected chi connectivity index (χ3v) is 4.07. The first-order valence-electron chi connectivity index (χ1n) is 7.03. The van der Waals surface area contributed by atoms with Crippen molar-refractivity contribution in [2.24, 2.45) is 0 Å². The van der Waals surface area contributed by atoms with Crippen molar-refractivity contribution in [1.82, 2.24) is 9.97 Å². The van der Waals surface area contributed by atoms with Crippen molar-refractivity contribution in [2.75, 3.05) is 11.4 Å². The molecule has 0 spiro atoms. The summed E-state index contributed by atoms with van der Waals surface area (Å²) >= 11 is 6.24. The fourth-order valence-electron chi connectivity index (χ4n) is 2.80. The highest BCUT2D eigenvalue weighted by atomic mass is 35.5. The minimum atomic E-state index is 0.611. The van der Waals surface area contributed by atoms with E-state index in [4.69, 9.17) is 11.6 Å². The van der Waals surface area contributed by atoms with Crippen molar-refractivity contribution in [1.29, 1.82) is 0 Å². The molecule has 1 aromatic heterocycles. The van der Waals surface area contributed by atoms with Gasteiger partial charge in [-0.25, -0.2) is 9.97 Å². The Bertz CT molecular complexity index is 395. The van der Waals surface area contributed by atoms with Crippen LogP contribution in [0.25, 0.3) is 0 Å². The SMILES string of the molecule is CCCc1c(Cl)ncnc1N1CCCCC1CC. The molecule has 1 fully saturated rings. The van der Waals surface area contributed by atoms with Crippen LogP contribution in [0, 0.1) is 0 Å². The van der Waals surface area contributed by atoms with Crippen LogP contribution in [0.5, 0.6) is 0 Å². The number of anilines is 1. The molecule has 3 nitrogen and oxygen atoms in total. The van der Waals surface area contributed by atoms with Crippen molar-refractivity contribution in [3.63, 3.8) is 0 Å². The Morgan fingerprint density at radius 1 is 1.33 bits per heavy atom. The third-order valence-electron chi connectivity index (χ3n) is 3.74. The molecule has 0 radical (unpaired) electrons. The molecule has 1 aliphatic heterocycles. The minimum Gasteiger partial charge on any atom is -0.353 e. The van der Waals surface area contributed by atoms with Gasteiger partial charge in [0, 0.05) is 18.2 Å². The summed E-state index contributed by atoms with van der Waals surface area (Å²) in [5, 5.41) is 0.627. The Balaban J connectivity index is 2.33. The van der Waals surface area contributed by atoms with E-state index in [9.17, 15) is 0 Å². The second kappa shape index (κ2) is 6.37. The van der Waals surface area contributed by atoms with Crippen LogP contribution < -0.4 is 4.90 Å². The Hall–Kier alpha value is -0.830. The lowest BCUT2D eigenvalue weighted by molar-refractivity contribution is 0.445. The van der Waals surface area contributed by atoms with E-state index < -0.39 is 0 Å². The molecule has 1 saturated heterocycles. The van der Waals surface area contributed by atoms with Gasteiger partial charge in [-0.05, 0) is 32.1 Å². The molecular formula is C14H22ClN3. The average Bonchev–Trinajstić information content (AvgIpc) is 2.41. The summed E-state index contributed by atoms with van der Waals surface area (Å²) in [6.45, 7) is 5.52. The van der Waals surface area contributed by atoms with Gasteiger partial charge in [-0.2, -0.15) is 0 Å². The molecule has 2 rings (SSSR count). The summed E-state index contributed by atoms with van der Waals surface area (Å²) in [5.41, 5.74) is 1.13. The lowest BCUT2D eigenvalue weighted by Crippen LogP contribution is -2.40. The van der Waals surface area contributed by atoms with Gasteiger partial charge in [0.1, 0.15) is 17.3 Å². The predicted octanol–water partition coefficient (Wildman–Crippen LogP) is 3.85. The highest BCUT2D eigenvalue weighted by molar-refractivity contribution is 6.30. The molecular weight excluding hydrogens is 246 g/mol. The number of aromatic nitrogens is 2.